The van der Waals surface area contributed by atoms with Gasteiger partial charge >= 0.3 is 8.56 Å². The summed E-state index contributed by atoms with van der Waals surface area (Å²) >= 11 is 0. The molecule has 156 valence electrons. The highest BCUT2D eigenvalue weighted by Crippen LogP contribution is 2.18. The Labute approximate surface area is 176 Å². The first-order chi connectivity index (χ1) is 14.1. The minimum absolute atomic E-state index is 0.0588. The molecule has 0 unspecified atom stereocenters. The lowest BCUT2D eigenvalue weighted by molar-refractivity contribution is 0.0952. The van der Waals surface area contributed by atoms with E-state index in [1.54, 1.807) is 6.08 Å². The van der Waals surface area contributed by atoms with E-state index in [4.69, 9.17) is 8.85 Å². The molecule has 0 radical (unpaired) electrons. The molecule has 4 nitrogen and oxygen atoms in total. The number of carbonyl (C=O) groups excluding carboxylic acids is 1. The van der Waals surface area contributed by atoms with Crippen molar-refractivity contribution in [2.75, 3.05) is 19.8 Å². The maximum atomic E-state index is 12.4. The molecule has 2 rings (SSSR count). The van der Waals surface area contributed by atoms with Gasteiger partial charge in [-0.05, 0) is 48.2 Å². The monoisotopic (exact) mass is 411 g/mol. The molecule has 0 aromatic heterocycles. The first-order valence-electron chi connectivity index (χ1n) is 10.5. The van der Waals surface area contributed by atoms with Crippen molar-refractivity contribution in [3.63, 3.8) is 0 Å². The van der Waals surface area contributed by atoms with Gasteiger partial charge in [0.2, 0.25) is 0 Å². The number of benzene rings is 2. The van der Waals surface area contributed by atoms with Crippen molar-refractivity contribution in [1.82, 2.24) is 5.32 Å². The third kappa shape index (κ3) is 6.96. The lowest BCUT2D eigenvalue weighted by atomic mass is 10.1. The summed E-state index contributed by atoms with van der Waals surface area (Å²) in [6.07, 6.45) is 4.48. The number of hydrogen-bond acceptors (Lipinski definition) is 3. The van der Waals surface area contributed by atoms with Crippen molar-refractivity contribution in [2.45, 2.75) is 39.2 Å². The molecule has 1 amide bonds. The molecule has 29 heavy (non-hydrogen) atoms. The summed E-state index contributed by atoms with van der Waals surface area (Å²) in [5.74, 6) is -0.0588. The summed E-state index contributed by atoms with van der Waals surface area (Å²) in [5.41, 5.74) is 1.66. The molecule has 5 heteroatoms. The second kappa shape index (κ2) is 12.4. The van der Waals surface area contributed by atoms with Crippen LogP contribution in [0.25, 0.3) is 6.08 Å². The Morgan fingerprint density at radius 3 is 2.17 bits per heavy atom. The Bertz CT molecular complexity index is 738. The maximum absolute atomic E-state index is 12.4. The van der Waals surface area contributed by atoms with Crippen LogP contribution in [-0.2, 0) is 8.85 Å². The van der Waals surface area contributed by atoms with Gasteiger partial charge in [0.15, 0.2) is 0 Å². The molecule has 1 N–H and O–H groups in total. The van der Waals surface area contributed by atoms with Crippen LogP contribution in [0, 0.1) is 0 Å². The standard InChI is InChI=1S/C24H33NO3Si/c1-4-18-27-29(28-19-5-2,23-11-8-7-9-12-23)20-10-17-25-24(26)22-15-13-21(6-3)14-16-22/h6-9,11-16H,3-5,10,17-20H2,1-2H3,(H,25,26). The molecule has 0 aliphatic heterocycles. The Morgan fingerprint density at radius 2 is 1.62 bits per heavy atom. The average molecular weight is 412 g/mol. The molecule has 0 fully saturated rings. The number of hydrogen-bond donors (Lipinski definition) is 1. The van der Waals surface area contributed by atoms with E-state index in [9.17, 15) is 4.79 Å². The van der Waals surface area contributed by atoms with Gasteiger partial charge in [0.05, 0.1) is 0 Å². The molecule has 0 spiro atoms. The zero-order chi connectivity index (χ0) is 21.0. The smallest absolute Gasteiger partial charge is 0.372 e. The van der Waals surface area contributed by atoms with Gasteiger partial charge in [-0.3, -0.25) is 4.79 Å². The van der Waals surface area contributed by atoms with Crippen LogP contribution in [0.15, 0.2) is 61.2 Å². The second-order valence-corrected chi connectivity index (χ2v) is 10.2. The Kier molecular flexibility index (Phi) is 9.84. The highest BCUT2D eigenvalue weighted by Gasteiger charge is 2.39. The van der Waals surface area contributed by atoms with Crippen LogP contribution in [0.2, 0.25) is 6.04 Å². The fraction of sp³-hybridized carbons (Fsp3) is 0.375. The van der Waals surface area contributed by atoms with Crippen LogP contribution in [0.3, 0.4) is 0 Å². The summed E-state index contributed by atoms with van der Waals surface area (Å²) in [5, 5.41) is 4.18. The van der Waals surface area contributed by atoms with Crippen molar-refractivity contribution in [1.29, 1.82) is 0 Å². The van der Waals surface area contributed by atoms with Crippen molar-refractivity contribution in [3.8, 4) is 0 Å². The van der Waals surface area contributed by atoms with E-state index in [0.717, 1.165) is 36.1 Å². The SMILES string of the molecule is C=Cc1ccc(C(=O)NCCC[Si](OCCC)(OCCC)c2ccccc2)cc1. The molecular formula is C24H33NO3Si. The molecule has 0 aliphatic rings. The Hall–Kier alpha value is -2.21. The van der Waals surface area contributed by atoms with E-state index in [-0.39, 0.29) is 5.91 Å². The first-order valence-corrected chi connectivity index (χ1v) is 12.5. The maximum Gasteiger partial charge on any atom is 0.372 e. The van der Waals surface area contributed by atoms with Gasteiger partial charge in [-0.2, -0.15) is 0 Å². The summed E-state index contributed by atoms with van der Waals surface area (Å²) in [6, 6.07) is 18.6. The topological polar surface area (TPSA) is 47.6 Å². The van der Waals surface area contributed by atoms with Crippen LogP contribution < -0.4 is 10.5 Å². The quantitative estimate of drug-likeness (QED) is 0.385. The van der Waals surface area contributed by atoms with Gasteiger partial charge in [0, 0.05) is 25.3 Å². The molecule has 2 aromatic rings. The van der Waals surface area contributed by atoms with Gasteiger partial charge < -0.3 is 14.2 Å². The van der Waals surface area contributed by atoms with E-state index in [2.05, 4.69) is 37.9 Å². The van der Waals surface area contributed by atoms with Crippen LogP contribution in [0.5, 0.6) is 0 Å². The second-order valence-electron chi connectivity index (χ2n) is 7.00. The number of nitrogens with one attached hydrogen (secondary N) is 1. The Balaban J connectivity index is 2.00. The van der Waals surface area contributed by atoms with E-state index < -0.39 is 8.56 Å². The molecular weight excluding hydrogens is 378 g/mol. The van der Waals surface area contributed by atoms with E-state index in [1.165, 1.54) is 0 Å². The number of rotatable bonds is 13. The normalized spacial score (nSPS) is 11.2. The van der Waals surface area contributed by atoms with Gasteiger partial charge in [-0.1, -0.05) is 69.0 Å². The zero-order valence-electron chi connectivity index (χ0n) is 17.7. The van der Waals surface area contributed by atoms with E-state index >= 15 is 0 Å². The van der Waals surface area contributed by atoms with Crippen LogP contribution in [0.1, 0.15) is 49.0 Å². The minimum Gasteiger partial charge on any atom is -0.391 e. The lowest BCUT2D eigenvalue weighted by Crippen LogP contribution is -2.54. The van der Waals surface area contributed by atoms with Crippen molar-refractivity contribution in [2.24, 2.45) is 0 Å². The van der Waals surface area contributed by atoms with Crippen molar-refractivity contribution >= 4 is 25.7 Å². The fourth-order valence-electron chi connectivity index (χ4n) is 3.12. The fourth-order valence-corrected chi connectivity index (χ4v) is 6.52. The summed E-state index contributed by atoms with van der Waals surface area (Å²) in [4.78, 5) is 12.4. The van der Waals surface area contributed by atoms with Crippen molar-refractivity contribution in [3.05, 3.63) is 72.3 Å². The van der Waals surface area contributed by atoms with E-state index in [1.807, 2.05) is 42.5 Å². The molecule has 0 atom stereocenters. The minimum atomic E-state index is -2.54. The van der Waals surface area contributed by atoms with Crippen LogP contribution >= 0.6 is 0 Å². The number of amides is 1. The van der Waals surface area contributed by atoms with Crippen molar-refractivity contribution < 1.29 is 13.6 Å². The third-order valence-corrected chi connectivity index (χ3v) is 8.23. The largest absolute Gasteiger partial charge is 0.391 e. The van der Waals surface area contributed by atoms with Gasteiger partial charge in [-0.15, -0.1) is 0 Å². The van der Waals surface area contributed by atoms with Gasteiger partial charge in [0.25, 0.3) is 5.91 Å². The molecule has 2 aromatic carbocycles. The predicted molar refractivity (Wildman–Crippen MR) is 123 cm³/mol. The average Bonchev–Trinajstić information content (AvgIpc) is 2.78. The van der Waals surface area contributed by atoms with Crippen LogP contribution in [0.4, 0.5) is 0 Å². The lowest BCUT2D eigenvalue weighted by Gasteiger charge is -2.31. The molecule has 0 saturated carbocycles. The molecule has 0 bridgehead atoms. The first kappa shape index (κ1) is 23.1. The van der Waals surface area contributed by atoms with Crippen LogP contribution in [-0.4, -0.2) is 34.2 Å². The summed E-state index contributed by atoms with van der Waals surface area (Å²) in [6.45, 7) is 9.93. The van der Waals surface area contributed by atoms with E-state index in [0.29, 0.717) is 25.3 Å². The third-order valence-electron chi connectivity index (χ3n) is 4.67. The number of carbonyl (C=O) groups is 1. The molecule has 0 heterocycles. The summed E-state index contributed by atoms with van der Waals surface area (Å²) in [7, 11) is -2.54. The highest BCUT2D eigenvalue weighted by molar-refractivity contribution is 6.81. The zero-order valence-corrected chi connectivity index (χ0v) is 18.7. The highest BCUT2D eigenvalue weighted by atomic mass is 28.4. The van der Waals surface area contributed by atoms with Gasteiger partial charge in [-0.25, -0.2) is 0 Å². The molecule has 0 aliphatic carbocycles. The molecule has 0 saturated heterocycles. The summed E-state index contributed by atoms with van der Waals surface area (Å²) < 4.78 is 12.8. The predicted octanol–water partition coefficient (Wildman–Crippen LogP) is 4.65. The Morgan fingerprint density at radius 1 is 1.00 bits per heavy atom. The van der Waals surface area contributed by atoms with Gasteiger partial charge in [0.1, 0.15) is 0 Å².